The highest BCUT2D eigenvalue weighted by Crippen LogP contribution is 2.07. The smallest absolute Gasteiger partial charge is 0.250 e. The predicted octanol–water partition coefficient (Wildman–Crippen LogP) is 1.82. The van der Waals surface area contributed by atoms with Gasteiger partial charge in [-0.2, -0.15) is 0 Å². The zero-order chi connectivity index (χ0) is 12.3. The van der Waals surface area contributed by atoms with Crippen LogP contribution in [0.4, 0.5) is 5.69 Å². The maximum absolute atomic E-state index is 11.2. The number of pyridine rings is 1. The maximum Gasteiger partial charge on any atom is 0.250 e. The Hall–Kier alpha value is -1.97. The Kier molecular flexibility index (Phi) is 3.32. The molecule has 2 rings (SSSR count). The number of aryl methyl sites for hydroxylation is 2. The Balaban J connectivity index is 2.07. The molecule has 0 atom stereocenters. The lowest BCUT2D eigenvalue weighted by atomic mass is 10.3. The van der Waals surface area contributed by atoms with Crippen LogP contribution in [-0.2, 0) is 20.1 Å². The molecule has 0 aromatic carbocycles. The minimum atomic E-state index is 0.00693. The van der Waals surface area contributed by atoms with Gasteiger partial charge >= 0.3 is 0 Å². The molecule has 0 radical (unpaired) electrons. The fourth-order valence-corrected chi connectivity index (χ4v) is 1.81. The van der Waals surface area contributed by atoms with Crippen molar-refractivity contribution in [3.8, 4) is 0 Å². The largest absolute Gasteiger partial charge is 0.378 e. The van der Waals surface area contributed by atoms with Crippen LogP contribution in [0.1, 0.15) is 12.6 Å². The third-order valence-electron chi connectivity index (χ3n) is 2.82. The van der Waals surface area contributed by atoms with E-state index in [0.717, 1.165) is 18.8 Å². The molecule has 2 aromatic rings. The van der Waals surface area contributed by atoms with Crippen LogP contribution in [0.15, 0.2) is 41.5 Å². The highest BCUT2D eigenvalue weighted by molar-refractivity contribution is 5.40. The molecule has 1 N–H and O–H groups in total. The SMILES string of the molecule is CCn1cccc1CNc1ccc(=O)n(C)c1. The minimum Gasteiger partial charge on any atom is -0.378 e. The zero-order valence-electron chi connectivity index (χ0n) is 10.2. The van der Waals surface area contributed by atoms with Crippen LogP contribution in [0.25, 0.3) is 0 Å². The second-order valence-electron chi connectivity index (χ2n) is 4.01. The second kappa shape index (κ2) is 4.91. The van der Waals surface area contributed by atoms with Crippen LogP contribution in [0, 0.1) is 0 Å². The van der Waals surface area contributed by atoms with E-state index in [0.29, 0.717) is 0 Å². The summed E-state index contributed by atoms with van der Waals surface area (Å²) in [4.78, 5) is 11.2. The number of hydrogen-bond donors (Lipinski definition) is 1. The molecule has 4 heteroatoms. The molecule has 0 amide bonds. The van der Waals surface area contributed by atoms with Gasteiger partial charge in [0.2, 0.25) is 5.56 Å². The highest BCUT2D eigenvalue weighted by atomic mass is 16.1. The molecule has 4 nitrogen and oxygen atoms in total. The summed E-state index contributed by atoms with van der Waals surface area (Å²) in [5.41, 5.74) is 2.20. The van der Waals surface area contributed by atoms with Crippen LogP contribution in [0.5, 0.6) is 0 Å². The molecule has 17 heavy (non-hydrogen) atoms. The van der Waals surface area contributed by atoms with Crippen LogP contribution in [0.3, 0.4) is 0 Å². The van der Waals surface area contributed by atoms with E-state index in [2.05, 4.69) is 29.1 Å². The van der Waals surface area contributed by atoms with Crippen molar-refractivity contribution in [1.29, 1.82) is 0 Å². The van der Waals surface area contributed by atoms with Crippen LogP contribution < -0.4 is 10.9 Å². The van der Waals surface area contributed by atoms with Crippen molar-refractivity contribution in [2.45, 2.75) is 20.0 Å². The van der Waals surface area contributed by atoms with Crippen molar-refractivity contribution in [2.75, 3.05) is 5.32 Å². The third-order valence-corrected chi connectivity index (χ3v) is 2.82. The molecule has 0 bridgehead atoms. The van der Waals surface area contributed by atoms with E-state index in [-0.39, 0.29) is 5.56 Å². The molecule has 0 unspecified atom stereocenters. The molecule has 0 spiro atoms. The summed E-state index contributed by atoms with van der Waals surface area (Å²) in [6.45, 7) is 3.85. The Morgan fingerprint density at radius 3 is 2.82 bits per heavy atom. The summed E-state index contributed by atoms with van der Waals surface area (Å²) in [6, 6.07) is 7.52. The fraction of sp³-hybridized carbons (Fsp3) is 0.308. The van der Waals surface area contributed by atoms with Gasteiger partial charge in [0, 0.05) is 37.7 Å². The van der Waals surface area contributed by atoms with Gasteiger partial charge in [0.25, 0.3) is 0 Å². The Labute approximate surface area is 101 Å². The van der Waals surface area contributed by atoms with E-state index in [1.165, 1.54) is 5.69 Å². The van der Waals surface area contributed by atoms with Gasteiger partial charge < -0.3 is 14.5 Å². The molecule has 0 saturated carbocycles. The first-order chi connectivity index (χ1) is 8.20. The van der Waals surface area contributed by atoms with Gasteiger partial charge in [-0.1, -0.05) is 0 Å². The first-order valence-electron chi connectivity index (χ1n) is 5.75. The topological polar surface area (TPSA) is 39.0 Å². The van der Waals surface area contributed by atoms with E-state index < -0.39 is 0 Å². The summed E-state index contributed by atoms with van der Waals surface area (Å²) in [7, 11) is 1.75. The number of hydrogen-bond acceptors (Lipinski definition) is 2. The Morgan fingerprint density at radius 1 is 1.29 bits per heavy atom. The minimum absolute atomic E-state index is 0.00693. The molecule has 90 valence electrons. The molecule has 0 fully saturated rings. The number of anilines is 1. The molecule has 0 aliphatic heterocycles. The predicted molar refractivity (Wildman–Crippen MR) is 69.1 cm³/mol. The summed E-state index contributed by atoms with van der Waals surface area (Å²) in [5.74, 6) is 0. The number of nitrogens with zero attached hydrogens (tertiary/aromatic N) is 2. The standard InChI is InChI=1S/C13H17N3O/c1-3-16-8-4-5-12(16)9-14-11-6-7-13(17)15(2)10-11/h4-8,10,14H,3,9H2,1-2H3. The van der Waals surface area contributed by atoms with Gasteiger partial charge in [0.15, 0.2) is 0 Å². The average molecular weight is 231 g/mol. The first-order valence-corrected chi connectivity index (χ1v) is 5.75. The van der Waals surface area contributed by atoms with Crippen molar-refractivity contribution in [1.82, 2.24) is 9.13 Å². The maximum atomic E-state index is 11.2. The highest BCUT2D eigenvalue weighted by Gasteiger charge is 1.99. The molecular weight excluding hydrogens is 214 g/mol. The second-order valence-corrected chi connectivity index (χ2v) is 4.01. The third kappa shape index (κ3) is 2.58. The quantitative estimate of drug-likeness (QED) is 0.871. The Bertz CT molecular complexity index is 554. The van der Waals surface area contributed by atoms with Gasteiger partial charge in [-0.05, 0) is 25.1 Å². The van der Waals surface area contributed by atoms with Crippen molar-refractivity contribution >= 4 is 5.69 Å². The summed E-state index contributed by atoms with van der Waals surface area (Å²) in [6.07, 6.45) is 3.87. The van der Waals surface area contributed by atoms with Crippen LogP contribution in [0.2, 0.25) is 0 Å². The molecule has 0 aliphatic carbocycles. The molecule has 0 aliphatic rings. The Morgan fingerprint density at radius 2 is 2.12 bits per heavy atom. The summed E-state index contributed by atoms with van der Waals surface area (Å²) < 4.78 is 3.76. The summed E-state index contributed by atoms with van der Waals surface area (Å²) >= 11 is 0. The first kappa shape index (κ1) is 11.5. The van der Waals surface area contributed by atoms with Crippen LogP contribution in [-0.4, -0.2) is 9.13 Å². The number of rotatable bonds is 4. The molecule has 0 saturated heterocycles. The lowest BCUT2D eigenvalue weighted by Crippen LogP contribution is -2.15. The lowest BCUT2D eigenvalue weighted by Gasteiger charge is -2.09. The monoisotopic (exact) mass is 231 g/mol. The van der Waals surface area contributed by atoms with Crippen LogP contribution >= 0.6 is 0 Å². The van der Waals surface area contributed by atoms with Gasteiger partial charge in [-0.15, -0.1) is 0 Å². The van der Waals surface area contributed by atoms with Gasteiger partial charge in [-0.3, -0.25) is 4.79 Å². The van der Waals surface area contributed by atoms with Crippen molar-refractivity contribution < 1.29 is 0 Å². The van der Waals surface area contributed by atoms with E-state index >= 15 is 0 Å². The fourth-order valence-electron chi connectivity index (χ4n) is 1.81. The zero-order valence-corrected chi connectivity index (χ0v) is 10.2. The molecule has 2 aromatic heterocycles. The normalized spacial score (nSPS) is 10.5. The van der Waals surface area contributed by atoms with Crippen molar-refractivity contribution in [3.05, 3.63) is 52.7 Å². The average Bonchev–Trinajstić information content (AvgIpc) is 2.78. The molecular formula is C13H17N3O. The summed E-state index contributed by atoms with van der Waals surface area (Å²) in [5, 5.41) is 3.31. The van der Waals surface area contributed by atoms with Gasteiger partial charge in [0.05, 0.1) is 12.2 Å². The van der Waals surface area contributed by atoms with E-state index in [1.54, 1.807) is 17.7 Å². The number of aromatic nitrogens is 2. The van der Waals surface area contributed by atoms with Crippen molar-refractivity contribution in [3.63, 3.8) is 0 Å². The van der Waals surface area contributed by atoms with E-state index in [9.17, 15) is 4.79 Å². The van der Waals surface area contributed by atoms with E-state index in [4.69, 9.17) is 0 Å². The van der Waals surface area contributed by atoms with Gasteiger partial charge in [0.1, 0.15) is 0 Å². The molecule has 2 heterocycles. The lowest BCUT2D eigenvalue weighted by molar-refractivity contribution is 0.723. The van der Waals surface area contributed by atoms with Gasteiger partial charge in [-0.25, -0.2) is 0 Å². The van der Waals surface area contributed by atoms with Crippen molar-refractivity contribution in [2.24, 2.45) is 7.05 Å². The number of nitrogens with one attached hydrogen (secondary N) is 1. The van der Waals surface area contributed by atoms with E-state index in [1.807, 2.05) is 18.3 Å².